The van der Waals surface area contributed by atoms with E-state index in [1.165, 1.54) is 44.5 Å². The van der Waals surface area contributed by atoms with E-state index in [-0.39, 0.29) is 0 Å². The fraction of sp³-hybridized carbons (Fsp3) is 0.368. The van der Waals surface area contributed by atoms with Crippen LogP contribution in [-0.2, 0) is 12.8 Å². The lowest BCUT2D eigenvalue weighted by molar-refractivity contribution is 0.663. The number of H-pyrrole nitrogens is 2. The predicted molar refractivity (Wildman–Crippen MR) is 183 cm³/mol. The first kappa shape index (κ1) is 29.0. The number of nitrogens with one attached hydrogen (secondary N) is 2. The minimum Gasteiger partial charge on any atom is -0.457 e. The van der Waals surface area contributed by atoms with Crippen LogP contribution >= 0.6 is 0 Å². The molecule has 2 N–H and O–H groups in total. The molecule has 4 aromatic rings. The van der Waals surface area contributed by atoms with Crippen molar-refractivity contribution in [3.8, 4) is 0 Å². The Bertz CT molecular complexity index is 1930. The van der Waals surface area contributed by atoms with E-state index in [2.05, 4.69) is 103 Å². The zero-order chi connectivity index (χ0) is 30.7. The molecule has 10 bridgehead atoms. The Balaban J connectivity index is 1.84. The summed E-state index contributed by atoms with van der Waals surface area (Å²) in [5.41, 5.74) is 22.7. The molecule has 0 spiro atoms. The average molecular weight is 573 g/mol. The highest BCUT2D eigenvalue weighted by molar-refractivity contribution is 5.99. The highest BCUT2D eigenvalue weighted by Crippen LogP contribution is 2.40. The van der Waals surface area contributed by atoms with Gasteiger partial charge in [0.05, 0.1) is 22.8 Å². The molecule has 0 fully saturated rings. The monoisotopic (exact) mass is 572 g/mol. The van der Waals surface area contributed by atoms with Crippen LogP contribution in [0.25, 0.3) is 55.5 Å². The molecule has 4 aromatic heterocycles. The van der Waals surface area contributed by atoms with Crippen LogP contribution in [0, 0.1) is 27.7 Å². The van der Waals surface area contributed by atoms with E-state index in [1.807, 2.05) is 0 Å². The number of hydrogen-bond acceptors (Lipinski definition) is 3. The molecule has 6 rings (SSSR count). The van der Waals surface area contributed by atoms with Gasteiger partial charge in [0, 0.05) is 34.2 Å². The second-order valence-electron chi connectivity index (χ2n) is 12.1. The number of rotatable bonds is 4. The number of hydrogen-bond donors (Lipinski definition) is 2. The normalized spacial score (nSPS) is 13.5. The lowest BCUT2D eigenvalue weighted by atomic mass is 9.99. The smallest absolute Gasteiger partial charge is 0.132 e. The van der Waals surface area contributed by atoms with E-state index < -0.39 is 0 Å². The molecule has 5 heteroatoms. The largest absolute Gasteiger partial charge is 0.457 e. The zero-order valence-electron chi connectivity index (χ0n) is 27.4. The highest BCUT2D eigenvalue weighted by atomic mass is 16.3. The minimum atomic E-state index is 0.891. The third-order valence-corrected chi connectivity index (χ3v) is 9.87. The van der Waals surface area contributed by atoms with Crippen molar-refractivity contribution in [2.24, 2.45) is 0 Å². The van der Waals surface area contributed by atoms with Crippen molar-refractivity contribution in [3.05, 3.63) is 80.4 Å². The summed E-state index contributed by atoms with van der Waals surface area (Å²) in [6.07, 6.45) is 3.70. The van der Waals surface area contributed by atoms with Gasteiger partial charge in [0.15, 0.2) is 0 Å². The van der Waals surface area contributed by atoms with Crippen LogP contribution < -0.4 is 0 Å². The summed E-state index contributed by atoms with van der Waals surface area (Å²) in [6, 6.07) is 8.82. The number of aryl methyl sites for hydroxylation is 6. The molecule has 0 amide bonds. The second-order valence-corrected chi connectivity index (χ2v) is 12.1. The average Bonchev–Trinajstić information content (AvgIpc) is 3.72. The Labute approximate surface area is 254 Å². The van der Waals surface area contributed by atoms with Crippen LogP contribution in [0.15, 0.2) is 28.7 Å². The molecular weight excluding hydrogens is 528 g/mol. The van der Waals surface area contributed by atoms with E-state index >= 15 is 0 Å². The van der Waals surface area contributed by atoms with Crippen LogP contribution in [0.5, 0.6) is 0 Å². The Hall–Kier alpha value is -4.12. The Morgan fingerprint density at radius 1 is 0.512 bits per heavy atom. The molecule has 0 aromatic carbocycles. The molecule has 0 radical (unpaired) electrons. The van der Waals surface area contributed by atoms with Crippen molar-refractivity contribution in [3.63, 3.8) is 0 Å². The topological polar surface area (TPSA) is 70.5 Å². The van der Waals surface area contributed by atoms with Gasteiger partial charge in [-0.05, 0) is 135 Å². The lowest BCUT2D eigenvalue weighted by Gasteiger charge is -2.02. The molecular formula is C38H44N4O. The molecule has 0 saturated heterocycles. The van der Waals surface area contributed by atoms with Gasteiger partial charge in [-0.3, -0.25) is 0 Å². The number of nitrogens with zero attached hydrogens (tertiary/aromatic N) is 2. The van der Waals surface area contributed by atoms with E-state index in [0.717, 1.165) is 92.8 Å². The SMILES string of the molecule is CCC1=C(C)c2nc1cc1[nH]c(cc3oc(cc4[nH]c(cc5nc2C(C)=C5CC)c(CC)c4C)c(C)c3C)c(C)c1CC. The minimum absolute atomic E-state index is 0.891. The van der Waals surface area contributed by atoms with Gasteiger partial charge in [-0.1, -0.05) is 27.7 Å². The standard InChI is InChI=1S/C38H44N4O/c1-11-25-21(7)29-17-35-19(5)20(6)36(43-35)18-30-22(8)26(12-2)32(40-30)16-34-28(14-4)24(10)38(42-34)37-23(9)27(13-3)33(41-37)15-31(25)39-29/h15-18,39-40H,11-14H2,1-10H3. The van der Waals surface area contributed by atoms with Gasteiger partial charge >= 0.3 is 0 Å². The summed E-state index contributed by atoms with van der Waals surface area (Å²) >= 11 is 0. The first-order chi connectivity index (χ1) is 20.6. The highest BCUT2D eigenvalue weighted by Gasteiger charge is 2.25. The molecule has 0 unspecified atom stereocenters. The van der Waals surface area contributed by atoms with Gasteiger partial charge in [0.2, 0.25) is 0 Å². The van der Waals surface area contributed by atoms with E-state index in [9.17, 15) is 0 Å². The molecule has 0 atom stereocenters. The van der Waals surface area contributed by atoms with Crippen molar-refractivity contribution in [1.29, 1.82) is 0 Å². The fourth-order valence-corrected chi connectivity index (χ4v) is 7.06. The number of aromatic amines is 2. The third kappa shape index (κ3) is 4.52. The van der Waals surface area contributed by atoms with Crippen molar-refractivity contribution < 1.29 is 4.42 Å². The summed E-state index contributed by atoms with van der Waals surface area (Å²) in [4.78, 5) is 18.0. The molecule has 6 heterocycles. The first-order valence-electron chi connectivity index (χ1n) is 15.9. The summed E-state index contributed by atoms with van der Waals surface area (Å²) in [7, 11) is 0. The van der Waals surface area contributed by atoms with Gasteiger partial charge in [-0.15, -0.1) is 0 Å². The van der Waals surface area contributed by atoms with E-state index in [4.69, 9.17) is 14.4 Å². The van der Waals surface area contributed by atoms with E-state index in [1.54, 1.807) is 0 Å². The summed E-state index contributed by atoms with van der Waals surface area (Å²) in [5.74, 6) is 0. The zero-order valence-corrected chi connectivity index (χ0v) is 27.4. The number of fused-ring (bicyclic) bond motifs is 11. The summed E-state index contributed by atoms with van der Waals surface area (Å²) < 4.78 is 6.56. The van der Waals surface area contributed by atoms with Crippen LogP contribution in [0.4, 0.5) is 0 Å². The van der Waals surface area contributed by atoms with E-state index in [0.29, 0.717) is 0 Å². The number of allylic oxidation sites excluding steroid dienone is 4. The van der Waals surface area contributed by atoms with Gasteiger partial charge in [0.25, 0.3) is 0 Å². The van der Waals surface area contributed by atoms with Crippen molar-refractivity contribution in [1.82, 2.24) is 19.9 Å². The maximum Gasteiger partial charge on any atom is 0.132 e. The van der Waals surface area contributed by atoms with Gasteiger partial charge in [0.1, 0.15) is 11.2 Å². The summed E-state index contributed by atoms with van der Waals surface area (Å²) in [6.45, 7) is 22.0. The van der Waals surface area contributed by atoms with Crippen molar-refractivity contribution >= 4 is 55.5 Å². The van der Waals surface area contributed by atoms with Gasteiger partial charge in [-0.25, -0.2) is 9.97 Å². The van der Waals surface area contributed by atoms with Crippen molar-refractivity contribution in [2.75, 3.05) is 0 Å². The number of furan rings is 1. The van der Waals surface area contributed by atoms with Crippen LogP contribution in [-0.4, -0.2) is 19.9 Å². The van der Waals surface area contributed by atoms with Crippen molar-refractivity contribution in [2.45, 2.75) is 94.9 Å². The van der Waals surface area contributed by atoms with Gasteiger partial charge < -0.3 is 14.4 Å². The molecule has 2 aliphatic rings. The molecule has 0 saturated carbocycles. The predicted octanol–water partition coefficient (Wildman–Crippen LogP) is 10.7. The Morgan fingerprint density at radius 3 is 1.26 bits per heavy atom. The third-order valence-electron chi connectivity index (χ3n) is 9.87. The van der Waals surface area contributed by atoms with Crippen LogP contribution in [0.3, 0.4) is 0 Å². The first-order valence-corrected chi connectivity index (χ1v) is 15.9. The second kappa shape index (κ2) is 10.9. The Kier molecular flexibility index (Phi) is 7.32. The summed E-state index contributed by atoms with van der Waals surface area (Å²) in [5, 5.41) is 0. The maximum atomic E-state index is 6.56. The number of aromatic nitrogens is 4. The lowest BCUT2D eigenvalue weighted by Crippen LogP contribution is -1.88. The molecule has 2 aliphatic heterocycles. The molecule has 222 valence electrons. The molecule has 0 aliphatic carbocycles. The quantitative estimate of drug-likeness (QED) is 0.255. The fourth-order valence-electron chi connectivity index (χ4n) is 7.06. The van der Waals surface area contributed by atoms with Gasteiger partial charge in [-0.2, -0.15) is 0 Å². The molecule has 5 nitrogen and oxygen atoms in total. The molecule has 43 heavy (non-hydrogen) atoms. The maximum absolute atomic E-state index is 6.56. The van der Waals surface area contributed by atoms with Crippen LogP contribution in [0.1, 0.15) is 111 Å². The Morgan fingerprint density at radius 2 is 0.907 bits per heavy atom. The van der Waals surface area contributed by atoms with Crippen LogP contribution in [0.2, 0.25) is 0 Å².